The summed E-state index contributed by atoms with van der Waals surface area (Å²) >= 11 is 0. The van der Waals surface area contributed by atoms with Crippen LogP contribution in [0.3, 0.4) is 0 Å². The fourth-order valence-electron chi connectivity index (χ4n) is 2.22. The molecule has 0 aromatic heterocycles. The van der Waals surface area contributed by atoms with Crippen LogP contribution in [0.1, 0.15) is 18.9 Å². The molecule has 0 aliphatic rings. The van der Waals surface area contributed by atoms with E-state index in [0.29, 0.717) is 23.6 Å². The fraction of sp³-hybridized carbons (Fsp3) is 0.278. The normalized spacial score (nSPS) is 11.0. The van der Waals surface area contributed by atoms with Crippen molar-refractivity contribution in [3.05, 3.63) is 60.2 Å². The van der Waals surface area contributed by atoms with E-state index in [-0.39, 0.29) is 23.8 Å². The van der Waals surface area contributed by atoms with Crippen molar-refractivity contribution in [2.24, 2.45) is 0 Å². The van der Waals surface area contributed by atoms with Gasteiger partial charge in [-0.25, -0.2) is 8.42 Å². The van der Waals surface area contributed by atoms with Gasteiger partial charge in [-0.2, -0.15) is 0 Å². The molecule has 0 saturated carbocycles. The topological polar surface area (TPSA) is 72.5 Å². The molecule has 128 valence electrons. The molecule has 0 unspecified atom stereocenters. The standard InChI is InChI=1S/C18H21NO4S/c1-2-23-17-11-7-6-8-15(17)14-24(21,22)13-12-18(20)19-16-9-4-3-5-10-16/h3-11H,2,12-14H2,1H3,(H,19,20). The Balaban J connectivity index is 1.93. The highest BCUT2D eigenvalue weighted by molar-refractivity contribution is 7.90. The van der Waals surface area contributed by atoms with Crippen molar-refractivity contribution in [1.29, 1.82) is 0 Å². The Morgan fingerprint density at radius 2 is 1.71 bits per heavy atom. The lowest BCUT2D eigenvalue weighted by Crippen LogP contribution is -2.18. The maximum atomic E-state index is 12.3. The van der Waals surface area contributed by atoms with Crippen LogP contribution in [0.2, 0.25) is 0 Å². The lowest BCUT2D eigenvalue weighted by molar-refractivity contribution is -0.115. The number of amides is 1. The highest BCUT2D eigenvalue weighted by atomic mass is 32.2. The highest BCUT2D eigenvalue weighted by Crippen LogP contribution is 2.21. The van der Waals surface area contributed by atoms with Crippen molar-refractivity contribution in [3.8, 4) is 5.75 Å². The Morgan fingerprint density at radius 3 is 2.42 bits per heavy atom. The monoisotopic (exact) mass is 347 g/mol. The molecule has 24 heavy (non-hydrogen) atoms. The van der Waals surface area contributed by atoms with Gasteiger partial charge in [0.05, 0.1) is 18.1 Å². The van der Waals surface area contributed by atoms with Gasteiger partial charge in [-0.1, -0.05) is 36.4 Å². The van der Waals surface area contributed by atoms with Gasteiger partial charge in [0.25, 0.3) is 0 Å². The first-order valence-corrected chi connectivity index (χ1v) is 9.58. The Bertz CT molecular complexity index is 773. The number of benzene rings is 2. The van der Waals surface area contributed by atoms with Crippen LogP contribution in [-0.2, 0) is 20.4 Å². The molecular formula is C18H21NO4S. The number of hydrogen-bond donors (Lipinski definition) is 1. The molecule has 1 amide bonds. The Morgan fingerprint density at radius 1 is 1.04 bits per heavy atom. The minimum Gasteiger partial charge on any atom is -0.494 e. The third kappa shape index (κ3) is 5.70. The molecule has 2 aromatic carbocycles. The summed E-state index contributed by atoms with van der Waals surface area (Å²) < 4.78 is 30.0. The first kappa shape index (κ1) is 18.0. The lowest BCUT2D eigenvalue weighted by Gasteiger charge is -2.10. The average molecular weight is 347 g/mol. The molecule has 0 spiro atoms. The molecule has 5 nitrogen and oxygen atoms in total. The van der Waals surface area contributed by atoms with Crippen LogP contribution in [0.5, 0.6) is 5.75 Å². The Hall–Kier alpha value is -2.34. The van der Waals surface area contributed by atoms with Crippen molar-refractivity contribution in [1.82, 2.24) is 0 Å². The van der Waals surface area contributed by atoms with Gasteiger partial charge in [0.15, 0.2) is 9.84 Å². The highest BCUT2D eigenvalue weighted by Gasteiger charge is 2.17. The second-order valence-electron chi connectivity index (χ2n) is 5.30. The van der Waals surface area contributed by atoms with Gasteiger partial charge in [-0.05, 0) is 25.1 Å². The molecule has 1 N–H and O–H groups in total. The molecule has 2 aromatic rings. The SMILES string of the molecule is CCOc1ccccc1CS(=O)(=O)CCC(=O)Nc1ccccc1. The maximum absolute atomic E-state index is 12.3. The summed E-state index contributed by atoms with van der Waals surface area (Å²) in [6, 6.07) is 16.0. The average Bonchev–Trinajstić information content (AvgIpc) is 2.56. The number of hydrogen-bond acceptors (Lipinski definition) is 4. The van der Waals surface area contributed by atoms with E-state index in [0.717, 1.165) is 0 Å². The first-order chi connectivity index (χ1) is 11.5. The van der Waals surface area contributed by atoms with Crippen molar-refractivity contribution in [3.63, 3.8) is 0 Å². The number of nitrogens with one attached hydrogen (secondary N) is 1. The van der Waals surface area contributed by atoms with E-state index < -0.39 is 9.84 Å². The number of para-hydroxylation sites is 2. The van der Waals surface area contributed by atoms with Crippen LogP contribution in [0.25, 0.3) is 0 Å². The zero-order chi connectivity index (χ0) is 17.4. The van der Waals surface area contributed by atoms with Crippen LogP contribution in [0.15, 0.2) is 54.6 Å². The van der Waals surface area contributed by atoms with Gasteiger partial charge in [0.2, 0.25) is 5.91 Å². The van der Waals surface area contributed by atoms with E-state index >= 15 is 0 Å². The summed E-state index contributed by atoms with van der Waals surface area (Å²) in [5.74, 6) is -0.0892. The van der Waals surface area contributed by atoms with E-state index in [1.54, 1.807) is 48.5 Å². The summed E-state index contributed by atoms with van der Waals surface area (Å²) in [6.07, 6.45) is -0.0754. The summed E-state index contributed by atoms with van der Waals surface area (Å²) in [7, 11) is -3.40. The quantitative estimate of drug-likeness (QED) is 0.797. The molecule has 0 heterocycles. The molecule has 0 saturated heterocycles. The zero-order valence-electron chi connectivity index (χ0n) is 13.6. The van der Waals surface area contributed by atoms with Gasteiger partial charge in [0, 0.05) is 17.7 Å². The van der Waals surface area contributed by atoms with Crippen LogP contribution >= 0.6 is 0 Å². The van der Waals surface area contributed by atoms with E-state index in [9.17, 15) is 13.2 Å². The molecule has 0 radical (unpaired) electrons. The molecule has 6 heteroatoms. The van der Waals surface area contributed by atoms with Gasteiger partial charge in [-0.3, -0.25) is 4.79 Å². The number of carbonyl (C=O) groups is 1. The van der Waals surface area contributed by atoms with Crippen molar-refractivity contribution < 1.29 is 17.9 Å². The Labute approximate surface area is 142 Å². The number of ether oxygens (including phenoxy) is 1. The van der Waals surface area contributed by atoms with E-state index in [2.05, 4.69) is 5.32 Å². The summed E-state index contributed by atoms with van der Waals surface area (Å²) in [4.78, 5) is 11.9. The molecule has 0 fully saturated rings. The second kappa shape index (κ2) is 8.49. The van der Waals surface area contributed by atoms with Crippen LogP contribution in [-0.4, -0.2) is 26.7 Å². The van der Waals surface area contributed by atoms with Gasteiger partial charge >= 0.3 is 0 Å². The molecule has 0 bridgehead atoms. The zero-order valence-corrected chi connectivity index (χ0v) is 14.4. The number of anilines is 1. The van der Waals surface area contributed by atoms with E-state index in [1.807, 2.05) is 13.0 Å². The van der Waals surface area contributed by atoms with Gasteiger partial charge in [-0.15, -0.1) is 0 Å². The molecule has 0 atom stereocenters. The maximum Gasteiger partial charge on any atom is 0.225 e. The smallest absolute Gasteiger partial charge is 0.225 e. The third-order valence-electron chi connectivity index (χ3n) is 3.35. The summed E-state index contributed by atoms with van der Waals surface area (Å²) in [6.45, 7) is 2.32. The predicted octanol–water partition coefficient (Wildman–Crippen LogP) is 3.03. The van der Waals surface area contributed by atoms with Crippen molar-refractivity contribution in [2.45, 2.75) is 19.1 Å². The van der Waals surface area contributed by atoms with Crippen molar-refractivity contribution in [2.75, 3.05) is 17.7 Å². The third-order valence-corrected chi connectivity index (χ3v) is 4.92. The van der Waals surface area contributed by atoms with Crippen LogP contribution in [0, 0.1) is 0 Å². The number of carbonyl (C=O) groups excluding carboxylic acids is 1. The van der Waals surface area contributed by atoms with Gasteiger partial charge in [0.1, 0.15) is 5.75 Å². The molecule has 0 aliphatic heterocycles. The second-order valence-corrected chi connectivity index (χ2v) is 7.48. The minimum absolute atomic E-state index is 0.0754. The summed E-state index contributed by atoms with van der Waals surface area (Å²) in [5.41, 5.74) is 1.27. The van der Waals surface area contributed by atoms with Crippen molar-refractivity contribution >= 4 is 21.4 Å². The molecule has 0 aliphatic carbocycles. The molecular weight excluding hydrogens is 326 g/mol. The summed E-state index contributed by atoms with van der Waals surface area (Å²) in [5, 5.41) is 2.68. The molecule has 2 rings (SSSR count). The first-order valence-electron chi connectivity index (χ1n) is 7.76. The minimum atomic E-state index is -3.40. The van der Waals surface area contributed by atoms with Gasteiger partial charge < -0.3 is 10.1 Å². The largest absolute Gasteiger partial charge is 0.494 e. The number of rotatable bonds is 8. The fourth-order valence-corrected chi connectivity index (χ4v) is 3.57. The van der Waals surface area contributed by atoms with E-state index in [4.69, 9.17) is 4.74 Å². The van der Waals surface area contributed by atoms with E-state index in [1.165, 1.54) is 0 Å². The number of sulfone groups is 1. The van der Waals surface area contributed by atoms with Crippen LogP contribution in [0.4, 0.5) is 5.69 Å². The Kier molecular flexibility index (Phi) is 6.37. The van der Waals surface area contributed by atoms with Crippen LogP contribution < -0.4 is 10.1 Å². The lowest BCUT2D eigenvalue weighted by atomic mass is 10.2. The predicted molar refractivity (Wildman–Crippen MR) is 94.8 cm³/mol.